The van der Waals surface area contributed by atoms with Crippen LogP contribution in [-0.2, 0) is 11.3 Å². The summed E-state index contributed by atoms with van der Waals surface area (Å²) >= 11 is 3.47. The first kappa shape index (κ1) is 13.4. The van der Waals surface area contributed by atoms with Crippen LogP contribution in [0.4, 0.5) is 0 Å². The van der Waals surface area contributed by atoms with Crippen molar-refractivity contribution in [3.8, 4) is 5.75 Å². The van der Waals surface area contributed by atoms with Crippen molar-refractivity contribution in [2.75, 3.05) is 26.8 Å². The molecule has 4 nitrogen and oxygen atoms in total. The van der Waals surface area contributed by atoms with Gasteiger partial charge in [0.25, 0.3) is 0 Å². The maximum atomic E-state index is 5.78. The van der Waals surface area contributed by atoms with E-state index in [1.54, 1.807) is 7.11 Å². The van der Waals surface area contributed by atoms with E-state index < -0.39 is 0 Å². The van der Waals surface area contributed by atoms with Gasteiger partial charge in [-0.05, 0) is 33.6 Å². The van der Waals surface area contributed by atoms with Crippen molar-refractivity contribution in [2.45, 2.75) is 18.7 Å². The Morgan fingerprint density at radius 2 is 2.37 bits per heavy atom. The molecular formula is C14H19BrN2O2. The van der Waals surface area contributed by atoms with E-state index in [1.807, 2.05) is 6.07 Å². The van der Waals surface area contributed by atoms with Gasteiger partial charge in [-0.1, -0.05) is 6.07 Å². The molecule has 2 aliphatic rings. The fourth-order valence-corrected chi connectivity index (χ4v) is 3.29. The first-order valence-electron chi connectivity index (χ1n) is 6.66. The molecule has 1 aromatic rings. The van der Waals surface area contributed by atoms with Gasteiger partial charge in [0.1, 0.15) is 5.75 Å². The Morgan fingerprint density at radius 3 is 3.21 bits per heavy atom. The lowest BCUT2D eigenvalue weighted by molar-refractivity contribution is 0.110. The predicted octanol–water partition coefficient (Wildman–Crippen LogP) is 1.53. The molecule has 2 heterocycles. The van der Waals surface area contributed by atoms with Crippen molar-refractivity contribution in [3.05, 3.63) is 28.2 Å². The van der Waals surface area contributed by atoms with Crippen LogP contribution in [0.2, 0.25) is 0 Å². The Labute approximate surface area is 122 Å². The van der Waals surface area contributed by atoms with Crippen LogP contribution >= 0.6 is 15.9 Å². The summed E-state index contributed by atoms with van der Waals surface area (Å²) in [7, 11) is 1.69. The van der Waals surface area contributed by atoms with E-state index in [2.05, 4.69) is 38.7 Å². The summed E-state index contributed by atoms with van der Waals surface area (Å²) in [4.78, 5) is 0. The summed E-state index contributed by atoms with van der Waals surface area (Å²) in [6.45, 7) is 3.73. The lowest BCUT2D eigenvalue weighted by atomic mass is 10.00. The third-order valence-corrected chi connectivity index (χ3v) is 4.65. The second kappa shape index (κ2) is 5.79. The minimum atomic E-state index is 0.400. The van der Waals surface area contributed by atoms with E-state index in [0.29, 0.717) is 18.1 Å². The molecule has 19 heavy (non-hydrogen) atoms. The molecule has 2 fully saturated rings. The Kier molecular flexibility index (Phi) is 4.07. The first-order chi connectivity index (χ1) is 9.28. The Bertz CT molecular complexity index is 455. The van der Waals surface area contributed by atoms with Crippen molar-refractivity contribution in [1.82, 2.24) is 10.6 Å². The number of methoxy groups -OCH3 is 1. The summed E-state index contributed by atoms with van der Waals surface area (Å²) in [5.74, 6) is 1.49. The van der Waals surface area contributed by atoms with E-state index in [4.69, 9.17) is 9.47 Å². The molecular weight excluding hydrogens is 308 g/mol. The highest BCUT2D eigenvalue weighted by molar-refractivity contribution is 9.10. The van der Waals surface area contributed by atoms with Gasteiger partial charge >= 0.3 is 0 Å². The smallest absolute Gasteiger partial charge is 0.133 e. The fraction of sp³-hybridized carbons (Fsp3) is 0.571. The van der Waals surface area contributed by atoms with Crippen LogP contribution in [0.1, 0.15) is 5.56 Å². The third kappa shape index (κ3) is 2.79. The molecule has 2 saturated heterocycles. The molecule has 0 bridgehead atoms. The molecule has 0 radical (unpaired) electrons. The quantitative estimate of drug-likeness (QED) is 0.880. The van der Waals surface area contributed by atoms with E-state index >= 15 is 0 Å². The van der Waals surface area contributed by atoms with Gasteiger partial charge in [-0.15, -0.1) is 0 Å². The molecule has 104 valence electrons. The minimum Gasteiger partial charge on any atom is -0.496 e. The van der Waals surface area contributed by atoms with Crippen molar-refractivity contribution >= 4 is 15.9 Å². The summed E-state index contributed by atoms with van der Waals surface area (Å²) in [5.41, 5.74) is 1.23. The van der Waals surface area contributed by atoms with E-state index in [9.17, 15) is 0 Å². The highest BCUT2D eigenvalue weighted by atomic mass is 79.9. The van der Waals surface area contributed by atoms with Crippen molar-refractivity contribution < 1.29 is 9.47 Å². The molecule has 0 saturated carbocycles. The van der Waals surface area contributed by atoms with Crippen LogP contribution in [0.5, 0.6) is 5.75 Å². The number of hydrogen-bond donors (Lipinski definition) is 2. The van der Waals surface area contributed by atoms with Gasteiger partial charge in [0.2, 0.25) is 0 Å². The van der Waals surface area contributed by atoms with Gasteiger partial charge in [0, 0.05) is 31.6 Å². The van der Waals surface area contributed by atoms with Crippen LogP contribution in [0.15, 0.2) is 22.7 Å². The van der Waals surface area contributed by atoms with Crippen molar-refractivity contribution in [3.63, 3.8) is 0 Å². The average Bonchev–Trinajstić information content (AvgIpc) is 3.01. The maximum Gasteiger partial charge on any atom is 0.133 e. The highest BCUT2D eigenvalue weighted by Crippen LogP contribution is 2.27. The molecule has 3 rings (SSSR count). The molecule has 0 spiro atoms. The molecule has 1 aromatic carbocycles. The highest BCUT2D eigenvalue weighted by Gasteiger charge is 2.39. The number of ether oxygens (including phenoxy) is 2. The summed E-state index contributed by atoms with van der Waals surface area (Å²) in [5, 5.41) is 6.99. The summed E-state index contributed by atoms with van der Waals surface area (Å²) in [6, 6.07) is 6.66. The second-order valence-corrected chi connectivity index (χ2v) is 6.00. The number of benzene rings is 1. The average molecular weight is 327 g/mol. The maximum absolute atomic E-state index is 5.78. The van der Waals surface area contributed by atoms with Gasteiger partial charge in [0.15, 0.2) is 0 Å². The third-order valence-electron chi connectivity index (χ3n) is 3.99. The SMILES string of the molecule is COc1cc(CN[C@@H]2CO[C@@H]3CNC[C@H]23)ccc1Br. The molecule has 0 unspecified atom stereocenters. The van der Waals surface area contributed by atoms with Gasteiger partial charge in [0.05, 0.1) is 24.3 Å². The van der Waals surface area contributed by atoms with Gasteiger partial charge in [-0.2, -0.15) is 0 Å². The zero-order valence-electron chi connectivity index (χ0n) is 11.0. The number of nitrogens with one attached hydrogen (secondary N) is 2. The molecule has 2 N–H and O–H groups in total. The first-order valence-corrected chi connectivity index (χ1v) is 7.45. The molecule has 2 aliphatic heterocycles. The van der Waals surface area contributed by atoms with Crippen molar-refractivity contribution in [2.24, 2.45) is 5.92 Å². The predicted molar refractivity (Wildman–Crippen MR) is 77.4 cm³/mol. The van der Waals surface area contributed by atoms with E-state index in [1.165, 1.54) is 5.56 Å². The molecule has 3 atom stereocenters. The standard InChI is InChI=1S/C14H19BrN2O2/c1-18-13-4-9(2-3-11(13)15)5-17-12-8-19-14-7-16-6-10(12)14/h2-4,10,12,14,16-17H,5-8H2,1H3/t10-,12-,14-/m1/s1. The van der Waals surface area contributed by atoms with E-state index in [-0.39, 0.29) is 0 Å². The Morgan fingerprint density at radius 1 is 1.47 bits per heavy atom. The topological polar surface area (TPSA) is 42.5 Å². The number of fused-ring (bicyclic) bond motifs is 1. The summed E-state index contributed by atoms with van der Waals surface area (Å²) < 4.78 is 12.1. The lowest BCUT2D eigenvalue weighted by Gasteiger charge is -2.17. The van der Waals surface area contributed by atoms with Crippen LogP contribution in [-0.4, -0.2) is 39.0 Å². The van der Waals surface area contributed by atoms with Gasteiger partial charge < -0.3 is 20.1 Å². The largest absolute Gasteiger partial charge is 0.496 e. The summed E-state index contributed by atoms with van der Waals surface area (Å²) in [6.07, 6.45) is 0.400. The fourth-order valence-electron chi connectivity index (χ4n) is 2.88. The monoisotopic (exact) mass is 326 g/mol. The van der Waals surface area contributed by atoms with Crippen LogP contribution in [0, 0.1) is 5.92 Å². The van der Waals surface area contributed by atoms with Gasteiger partial charge in [-0.25, -0.2) is 0 Å². The number of halogens is 1. The van der Waals surface area contributed by atoms with E-state index in [0.717, 1.165) is 36.5 Å². The number of rotatable bonds is 4. The molecule has 0 aliphatic carbocycles. The van der Waals surface area contributed by atoms with Crippen molar-refractivity contribution in [1.29, 1.82) is 0 Å². The molecule has 0 aromatic heterocycles. The second-order valence-electron chi connectivity index (χ2n) is 5.15. The zero-order chi connectivity index (χ0) is 13.2. The van der Waals surface area contributed by atoms with Gasteiger partial charge in [-0.3, -0.25) is 0 Å². The minimum absolute atomic E-state index is 0.400. The Hall–Kier alpha value is -0.620. The van der Waals surface area contributed by atoms with Crippen LogP contribution in [0.3, 0.4) is 0 Å². The Balaban J connectivity index is 1.60. The lowest BCUT2D eigenvalue weighted by Crippen LogP contribution is -2.37. The molecule has 0 amide bonds. The zero-order valence-corrected chi connectivity index (χ0v) is 12.6. The van der Waals surface area contributed by atoms with Crippen LogP contribution < -0.4 is 15.4 Å². The normalized spacial score (nSPS) is 29.5. The number of hydrogen-bond acceptors (Lipinski definition) is 4. The molecule has 5 heteroatoms. The van der Waals surface area contributed by atoms with Crippen LogP contribution in [0.25, 0.3) is 0 Å².